The van der Waals surface area contributed by atoms with E-state index in [2.05, 4.69) is 6.07 Å². The van der Waals surface area contributed by atoms with E-state index in [0.29, 0.717) is 12.2 Å². The molecule has 0 heterocycles. The number of hydrogen-bond donors (Lipinski definition) is 0. The third kappa shape index (κ3) is 2.97. The molecule has 0 amide bonds. The van der Waals surface area contributed by atoms with Gasteiger partial charge in [-0.05, 0) is 67.3 Å². The number of nitriles is 1. The van der Waals surface area contributed by atoms with E-state index in [9.17, 15) is 4.39 Å². The Bertz CT molecular complexity index is 663. The molecular weight excluding hydrogens is 253 g/mol. The molecule has 0 saturated heterocycles. The highest BCUT2D eigenvalue weighted by molar-refractivity contribution is 5.47. The molecule has 0 aliphatic rings. The Balaban J connectivity index is 2.21. The van der Waals surface area contributed by atoms with Crippen LogP contribution in [0.5, 0.6) is 5.75 Å². The molecule has 0 spiro atoms. The van der Waals surface area contributed by atoms with Crippen molar-refractivity contribution < 1.29 is 9.13 Å². The fraction of sp³-hybridized carbons (Fsp3) is 0.235. The van der Waals surface area contributed by atoms with Gasteiger partial charge >= 0.3 is 0 Å². The number of hydrogen-bond acceptors (Lipinski definition) is 2. The van der Waals surface area contributed by atoms with E-state index in [1.54, 1.807) is 18.2 Å². The van der Waals surface area contributed by atoms with Gasteiger partial charge in [0.2, 0.25) is 0 Å². The van der Waals surface area contributed by atoms with E-state index in [0.717, 1.165) is 28.0 Å². The van der Waals surface area contributed by atoms with Gasteiger partial charge in [-0.3, -0.25) is 0 Å². The predicted molar refractivity (Wildman–Crippen MR) is 76.1 cm³/mol. The second kappa shape index (κ2) is 5.75. The predicted octanol–water partition coefficient (Wildman–Crippen LogP) is 4.20. The van der Waals surface area contributed by atoms with E-state index in [-0.39, 0.29) is 5.82 Å². The van der Waals surface area contributed by atoms with Crippen LogP contribution in [0.3, 0.4) is 0 Å². The number of ether oxygens (including phenoxy) is 1. The van der Waals surface area contributed by atoms with Gasteiger partial charge in [0.1, 0.15) is 18.2 Å². The Morgan fingerprint density at radius 2 is 1.70 bits per heavy atom. The maximum absolute atomic E-state index is 13.1. The maximum Gasteiger partial charge on any atom is 0.125 e. The molecule has 102 valence electrons. The largest absolute Gasteiger partial charge is 0.488 e. The molecule has 2 aromatic carbocycles. The lowest BCUT2D eigenvalue weighted by Crippen LogP contribution is -2.01. The summed E-state index contributed by atoms with van der Waals surface area (Å²) in [5.41, 5.74) is 4.32. The maximum atomic E-state index is 13.1. The molecule has 0 unspecified atom stereocenters. The third-order valence-electron chi connectivity index (χ3n) is 3.27. The van der Waals surface area contributed by atoms with Gasteiger partial charge in [-0.2, -0.15) is 5.26 Å². The summed E-state index contributed by atoms with van der Waals surface area (Å²) in [6.07, 6.45) is 0. The van der Waals surface area contributed by atoms with Crippen molar-refractivity contribution in [3.05, 3.63) is 64.0 Å². The van der Waals surface area contributed by atoms with Gasteiger partial charge in [-0.25, -0.2) is 4.39 Å². The Labute approximate surface area is 118 Å². The van der Waals surface area contributed by atoms with Crippen molar-refractivity contribution in [3.63, 3.8) is 0 Å². The lowest BCUT2D eigenvalue weighted by atomic mass is 10.1. The summed E-state index contributed by atoms with van der Waals surface area (Å²) < 4.78 is 18.9. The summed E-state index contributed by atoms with van der Waals surface area (Å²) in [4.78, 5) is 0. The number of benzene rings is 2. The van der Waals surface area contributed by atoms with Crippen LogP contribution in [0.2, 0.25) is 0 Å². The molecule has 2 rings (SSSR count). The van der Waals surface area contributed by atoms with Crippen molar-refractivity contribution in [1.29, 1.82) is 5.26 Å². The lowest BCUT2D eigenvalue weighted by Gasteiger charge is -2.14. The molecule has 0 radical (unpaired) electrons. The molecule has 0 atom stereocenters. The van der Waals surface area contributed by atoms with Crippen LogP contribution in [-0.4, -0.2) is 0 Å². The van der Waals surface area contributed by atoms with Crippen LogP contribution in [0.25, 0.3) is 0 Å². The minimum atomic E-state index is -0.239. The van der Waals surface area contributed by atoms with Crippen LogP contribution in [0, 0.1) is 37.9 Å². The van der Waals surface area contributed by atoms with Crippen molar-refractivity contribution in [2.24, 2.45) is 0 Å². The highest BCUT2D eigenvalue weighted by atomic mass is 19.1. The van der Waals surface area contributed by atoms with Crippen molar-refractivity contribution in [1.82, 2.24) is 0 Å². The van der Waals surface area contributed by atoms with Gasteiger partial charge in [0, 0.05) is 0 Å². The first-order chi connectivity index (χ1) is 9.51. The van der Waals surface area contributed by atoms with Crippen LogP contribution in [0.4, 0.5) is 4.39 Å². The molecular formula is C17H16FNO. The van der Waals surface area contributed by atoms with Crippen LogP contribution >= 0.6 is 0 Å². The first kappa shape index (κ1) is 14.1. The second-order valence-electron chi connectivity index (χ2n) is 4.91. The van der Waals surface area contributed by atoms with E-state index in [4.69, 9.17) is 10.00 Å². The van der Waals surface area contributed by atoms with Gasteiger partial charge in [-0.15, -0.1) is 0 Å². The molecule has 2 nitrogen and oxygen atoms in total. The second-order valence-corrected chi connectivity index (χ2v) is 4.91. The molecule has 3 heteroatoms. The number of aryl methyl sites for hydroxylation is 3. The summed E-state index contributed by atoms with van der Waals surface area (Å²) in [6, 6.07) is 10.4. The average molecular weight is 269 g/mol. The van der Waals surface area contributed by atoms with Gasteiger partial charge in [-0.1, -0.05) is 6.07 Å². The molecule has 0 aliphatic heterocycles. The highest BCUT2D eigenvalue weighted by Crippen LogP contribution is 2.26. The fourth-order valence-corrected chi connectivity index (χ4v) is 2.21. The Morgan fingerprint density at radius 3 is 2.25 bits per heavy atom. The number of rotatable bonds is 3. The monoisotopic (exact) mass is 269 g/mol. The molecule has 0 fully saturated rings. The zero-order chi connectivity index (χ0) is 14.7. The van der Waals surface area contributed by atoms with Crippen LogP contribution < -0.4 is 4.74 Å². The number of nitrogens with zero attached hydrogens (tertiary/aromatic N) is 1. The smallest absolute Gasteiger partial charge is 0.125 e. The normalized spacial score (nSPS) is 10.2. The standard InChI is InChI=1S/C17H16FNO/c1-11-8-16(18)5-4-15(11)10-20-17-12(2)6-14(9-19)7-13(17)3/h4-8H,10H2,1-3H3. The quantitative estimate of drug-likeness (QED) is 0.836. The van der Waals surface area contributed by atoms with E-state index >= 15 is 0 Å². The highest BCUT2D eigenvalue weighted by Gasteiger charge is 2.08. The molecule has 2 aromatic rings. The van der Waals surface area contributed by atoms with Gasteiger partial charge in [0.25, 0.3) is 0 Å². The summed E-state index contributed by atoms with van der Waals surface area (Å²) >= 11 is 0. The number of halogens is 1. The Kier molecular flexibility index (Phi) is 4.05. The van der Waals surface area contributed by atoms with E-state index in [1.165, 1.54) is 12.1 Å². The van der Waals surface area contributed by atoms with Crippen LogP contribution in [0.15, 0.2) is 30.3 Å². The van der Waals surface area contributed by atoms with Crippen LogP contribution in [0.1, 0.15) is 27.8 Å². The average Bonchev–Trinajstić information content (AvgIpc) is 2.39. The van der Waals surface area contributed by atoms with E-state index < -0.39 is 0 Å². The Hall–Kier alpha value is -2.34. The summed E-state index contributed by atoms with van der Waals surface area (Å²) in [7, 11) is 0. The van der Waals surface area contributed by atoms with Gasteiger partial charge in [0.05, 0.1) is 11.6 Å². The molecule has 0 N–H and O–H groups in total. The SMILES string of the molecule is Cc1cc(F)ccc1COc1c(C)cc(C#N)cc1C. The van der Waals surface area contributed by atoms with Crippen molar-refractivity contribution in [2.45, 2.75) is 27.4 Å². The Morgan fingerprint density at radius 1 is 1.05 bits per heavy atom. The molecule has 20 heavy (non-hydrogen) atoms. The molecule has 0 bridgehead atoms. The lowest BCUT2D eigenvalue weighted by molar-refractivity contribution is 0.301. The summed E-state index contributed by atoms with van der Waals surface area (Å²) in [5, 5.41) is 8.92. The summed E-state index contributed by atoms with van der Waals surface area (Å²) in [6.45, 7) is 6.08. The van der Waals surface area contributed by atoms with Crippen molar-refractivity contribution in [3.8, 4) is 11.8 Å². The van der Waals surface area contributed by atoms with Crippen LogP contribution in [-0.2, 0) is 6.61 Å². The molecule has 0 aromatic heterocycles. The molecule has 0 aliphatic carbocycles. The minimum Gasteiger partial charge on any atom is -0.488 e. The first-order valence-electron chi connectivity index (χ1n) is 6.40. The topological polar surface area (TPSA) is 33.0 Å². The van der Waals surface area contributed by atoms with Crippen molar-refractivity contribution >= 4 is 0 Å². The fourth-order valence-electron chi connectivity index (χ4n) is 2.21. The van der Waals surface area contributed by atoms with Gasteiger partial charge in [0.15, 0.2) is 0 Å². The first-order valence-corrected chi connectivity index (χ1v) is 6.40. The molecule has 0 saturated carbocycles. The third-order valence-corrected chi connectivity index (χ3v) is 3.27. The summed E-state index contributed by atoms with van der Waals surface area (Å²) in [5.74, 6) is 0.546. The van der Waals surface area contributed by atoms with Gasteiger partial charge < -0.3 is 4.74 Å². The minimum absolute atomic E-state index is 0.239. The zero-order valence-corrected chi connectivity index (χ0v) is 11.8. The van der Waals surface area contributed by atoms with Crippen molar-refractivity contribution in [2.75, 3.05) is 0 Å². The zero-order valence-electron chi connectivity index (χ0n) is 11.8. The van der Waals surface area contributed by atoms with E-state index in [1.807, 2.05) is 20.8 Å².